The lowest BCUT2D eigenvalue weighted by Gasteiger charge is -2.10. The van der Waals surface area contributed by atoms with Gasteiger partial charge in [0.1, 0.15) is 11.5 Å². The number of nitrogens with one attached hydrogen (secondary N) is 1. The van der Waals surface area contributed by atoms with Crippen molar-refractivity contribution in [3.63, 3.8) is 0 Å². The third-order valence-corrected chi connectivity index (χ3v) is 5.00. The molecule has 0 aliphatic heterocycles. The molecule has 0 unspecified atom stereocenters. The highest BCUT2D eigenvalue weighted by atomic mass is 16.5. The van der Waals surface area contributed by atoms with Gasteiger partial charge in [0.25, 0.3) is 5.91 Å². The number of hydrogen-bond acceptors (Lipinski definition) is 5. The summed E-state index contributed by atoms with van der Waals surface area (Å²) in [7, 11) is 3.25. The maximum atomic E-state index is 12.7. The lowest BCUT2D eigenvalue weighted by atomic mass is 10.1. The van der Waals surface area contributed by atoms with E-state index in [-0.39, 0.29) is 5.91 Å². The van der Waals surface area contributed by atoms with E-state index in [0.717, 1.165) is 33.9 Å². The summed E-state index contributed by atoms with van der Waals surface area (Å²) in [6.07, 6.45) is 3.36. The van der Waals surface area contributed by atoms with Gasteiger partial charge in [0, 0.05) is 18.3 Å². The second-order valence-corrected chi connectivity index (χ2v) is 6.81. The number of carbonyl (C=O) groups excluding carboxylic acids is 1. The molecule has 4 aromatic rings. The number of methoxy groups -OCH3 is 2. The number of hydrogen-bond donors (Lipinski definition) is 1. The molecular formula is C23H22N4O3. The van der Waals surface area contributed by atoms with E-state index >= 15 is 0 Å². The van der Waals surface area contributed by atoms with E-state index in [1.165, 1.54) is 0 Å². The summed E-state index contributed by atoms with van der Waals surface area (Å²) in [4.78, 5) is 17.3. The molecule has 2 heterocycles. The van der Waals surface area contributed by atoms with Crippen LogP contribution in [0.3, 0.4) is 0 Å². The number of benzene rings is 2. The summed E-state index contributed by atoms with van der Waals surface area (Å²) in [5, 5.41) is 7.38. The number of carbonyl (C=O) groups is 1. The van der Waals surface area contributed by atoms with Crippen LogP contribution in [0.4, 0.5) is 0 Å². The molecule has 7 heteroatoms. The first kappa shape index (κ1) is 19.4. The molecule has 0 spiro atoms. The normalized spacial score (nSPS) is 10.8. The summed E-state index contributed by atoms with van der Waals surface area (Å²) < 4.78 is 12.1. The van der Waals surface area contributed by atoms with E-state index in [9.17, 15) is 4.79 Å². The molecule has 2 aromatic heterocycles. The molecule has 7 nitrogen and oxygen atoms in total. The maximum absolute atomic E-state index is 12.7. The first-order valence-electron chi connectivity index (χ1n) is 9.49. The van der Waals surface area contributed by atoms with Crippen LogP contribution in [-0.2, 0) is 6.54 Å². The molecule has 30 heavy (non-hydrogen) atoms. The van der Waals surface area contributed by atoms with Gasteiger partial charge in [-0.15, -0.1) is 0 Å². The van der Waals surface area contributed by atoms with E-state index in [1.54, 1.807) is 31.1 Å². The highest BCUT2D eigenvalue weighted by Gasteiger charge is 2.16. The summed E-state index contributed by atoms with van der Waals surface area (Å²) in [5.74, 6) is 1.34. The largest absolute Gasteiger partial charge is 0.497 e. The predicted octanol–water partition coefficient (Wildman–Crippen LogP) is 3.65. The Morgan fingerprint density at radius 1 is 1.03 bits per heavy atom. The second kappa shape index (κ2) is 8.24. The SMILES string of the molecule is COc1ccc(-c2cnn3c(C)c(C(=O)NCc4cccc(OC)c4)cnc23)cc1. The van der Waals surface area contributed by atoms with Crippen molar-refractivity contribution >= 4 is 11.6 Å². The third-order valence-electron chi connectivity index (χ3n) is 5.00. The molecule has 152 valence electrons. The Balaban J connectivity index is 1.57. The highest BCUT2D eigenvalue weighted by Crippen LogP contribution is 2.26. The molecule has 1 N–H and O–H groups in total. The van der Waals surface area contributed by atoms with Crippen molar-refractivity contribution in [1.82, 2.24) is 19.9 Å². The molecular weight excluding hydrogens is 380 g/mol. The fourth-order valence-corrected chi connectivity index (χ4v) is 3.30. The molecule has 0 aliphatic carbocycles. The summed E-state index contributed by atoms with van der Waals surface area (Å²) in [6.45, 7) is 2.25. The first-order chi connectivity index (χ1) is 14.6. The lowest BCUT2D eigenvalue weighted by molar-refractivity contribution is 0.0949. The second-order valence-electron chi connectivity index (χ2n) is 6.81. The number of ether oxygens (including phenoxy) is 2. The van der Waals surface area contributed by atoms with Crippen molar-refractivity contribution in [2.45, 2.75) is 13.5 Å². The molecule has 0 saturated carbocycles. The molecule has 0 radical (unpaired) electrons. The molecule has 0 atom stereocenters. The van der Waals surface area contributed by atoms with Crippen molar-refractivity contribution in [2.24, 2.45) is 0 Å². The van der Waals surface area contributed by atoms with Gasteiger partial charge in [-0.25, -0.2) is 9.50 Å². The topological polar surface area (TPSA) is 77.8 Å². The Hall–Kier alpha value is -3.87. The number of aryl methyl sites for hydroxylation is 1. The smallest absolute Gasteiger partial charge is 0.254 e. The zero-order valence-electron chi connectivity index (χ0n) is 17.0. The number of rotatable bonds is 6. The summed E-state index contributed by atoms with van der Waals surface area (Å²) in [6, 6.07) is 15.3. The van der Waals surface area contributed by atoms with Gasteiger partial charge in [0.15, 0.2) is 5.65 Å². The highest BCUT2D eigenvalue weighted by molar-refractivity contribution is 5.95. The van der Waals surface area contributed by atoms with Crippen LogP contribution in [0.2, 0.25) is 0 Å². The van der Waals surface area contributed by atoms with Crippen LogP contribution in [0, 0.1) is 6.92 Å². The van der Waals surface area contributed by atoms with Gasteiger partial charge in [0.05, 0.1) is 31.7 Å². The Morgan fingerprint density at radius 2 is 1.80 bits per heavy atom. The number of amides is 1. The minimum Gasteiger partial charge on any atom is -0.497 e. The van der Waals surface area contributed by atoms with Crippen LogP contribution in [0.5, 0.6) is 11.5 Å². The van der Waals surface area contributed by atoms with E-state index in [2.05, 4.69) is 15.4 Å². The van der Waals surface area contributed by atoms with Crippen molar-refractivity contribution in [3.05, 3.63) is 77.7 Å². The van der Waals surface area contributed by atoms with Gasteiger partial charge in [-0.3, -0.25) is 4.79 Å². The number of fused-ring (bicyclic) bond motifs is 1. The van der Waals surface area contributed by atoms with Crippen LogP contribution in [-0.4, -0.2) is 34.7 Å². The van der Waals surface area contributed by atoms with Crippen molar-refractivity contribution in [1.29, 1.82) is 0 Å². The minimum absolute atomic E-state index is 0.203. The first-order valence-corrected chi connectivity index (χ1v) is 9.49. The van der Waals surface area contributed by atoms with Gasteiger partial charge in [-0.2, -0.15) is 5.10 Å². The average Bonchev–Trinajstić information content (AvgIpc) is 3.23. The number of nitrogens with zero attached hydrogens (tertiary/aromatic N) is 3. The van der Waals surface area contributed by atoms with E-state index < -0.39 is 0 Å². The Morgan fingerprint density at radius 3 is 2.53 bits per heavy atom. The molecule has 0 aliphatic rings. The summed E-state index contributed by atoms with van der Waals surface area (Å²) in [5.41, 5.74) is 4.73. The van der Waals surface area contributed by atoms with Gasteiger partial charge in [-0.05, 0) is 42.3 Å². The van der Waals surface area contributed by atoms with Crippen LogP contribution in [0.15, 0.2) is 60.9 Å². The monoisotopic (exact) mass is 402 g/mol. The van der Waals surface area contributed by atoms with Gasteiger partial charge in [0.2, 0.25) is 0 Å². The van der Waals surface area contributed by atoms with Crippen molar-refractivity contribution < 1.29 is 14.3 Å². The number of aromatic nitrogens is 3. The zero-order chi connectivity index (χ0) is 21.1. The Labute approximate surface area is 174 Å². The quantitative estimate of drug-likeness (QED) is 0.533. The molecule has 0 saturated heterocycles. The molecule has 4 rings (SSSR count). The van der Waals surface area contributed by atoms with Crippen LogP contribution in [0.1, 0.15) is 21.6 Å². The Kier molecular flexibility index (Phi) is 5.34. The average molecular weight is 402 g/mol. The standard InChI is InChI=1S/C23H22N4O3/c1-15-20(23(28)25-12-16-5-4-6-19(11-16)30-3)13-24-22-21(14-26-27(15)22)17-7-9-18(29-2)10-8-17/h4-11,13-14H,12H2,1-3H3,(H,25,28). The van der Waals surface area contributed by atoms with Crippen molar-refractivity contribution in [2.75, 3.05) is 14.2 Å². The van der Waals surface area contributed by atoms with Crippen LogP contribution < -0.4 is 14.8 Å². The van der Waals surface area contributed by atoms with Gasteiger partial charge < -0.3 is 14.8 Å². The minimum atomic E-state index is -0.203. The fraction of sp³-hybridized carbons (Fsp3) is 0.174. The van der Waals surface area contributed by atoms with Crippen molar-refractivity contribution in [3.8, 4) is 22.6 Å². The maximum Gasteiger partial charge on any atom is 0.254 e. The Bertz CT molecular complexity index is 1200. The summed E-state index contributed by atoms with van der Waals surface area (Å²) >= 11 is 0. The van der Waals surface area contributed by atoms with Crippen LogP contribution >= 0.6 is 0 Å². The molecule has 0 bridgehead atoms. The fourth-order valence-electron chi connectivity index (χ4n) is 3.30. The lowest BCUT2D eigenvalue weighted by Crippen LogP contribution is -2.24. The van der Waals surface area contributed by atoms with E-state index in [0.29, 0.717) is 17.8 Å². The van der Waals surface area contributed by atoms with E-state index in [4.69, 9.17) is 9.47 Å². The molecule has 1 amide bonds. The predicted molar refractivity (Wildman–Crippen MR) is 114 cm³/mol. The van der Waals surface area contributed by atoms with Gasteiger partial charge >= 0.3 is 0 Å². The molecule has 2 aromatic carbocycles. The van der Waals surface area contributed by atoms with E-state index in [1.807, 2.05) is 55.5 Å². The van der Waals surface area contributed by atoms with Gasteiger partial charge in [-0.1, -0.05) is 24.3 Å². The zero-order valence-corrected chi connectivity index (χ0v) is 17.0. The third kappa shape index (κ3) is 3.69. The van der Waals surface area contributed by atoms with Crippen LogP contribution in [0.25, 0.3) is 16.8 Å². The molecule has 0 fully saturated rings.